The lowest BCUT2D eigenvalue weighted by molar-refractivity contribution is -0.142. The van der Waals surface area contributed by atoms with Gasteiger partial charge in [0, 0.05) is 17.4 Å². The predicted octanol–water partition coefficient (Wildman–Crippen LogP) is 3.91. The van der Waals surface area contributed by atoms with Gasteiger partial charge in [0.05, 0.1) is 5.56 Å². The molecule has 0 saturated heterocycles. The number of hydrogen-bond acceptors (Lipinski definition) is 2. The van der Waals surface area contributed by atoms with Gasteiger partial charge in [-0.15, -0.1) is 0 Å². The smallest absolute Gasteiger partial charge is 0.310 e. The number of nitrogens with zero attached hydrogens (tertiary/aromatic N) is 1. The first-order chi connectivity index (χ1) is 10.3. The Kier molecular flexibility index (Phi) is 3.72. The molecule has 1 aromatic carbocycles. The number of aromatic nitrogens is 2. The van der Waals surface area contributed by atoms with Gasteiger partial charge in [-0.3, -0.25) is 4.79 Å². The summed E-state index contributed by atoms with van der Waals surface area (Å²) < 4.78 is 39.7. The van der Waals surface area contributed by atoms with E-state index in [1.165, 1.54) is 6.07 Å². The van der Waals surface area contributed by atoms with E-state index >= 15 is 0 Å². The number of H-pyrrole nitrogens is 1. The third-order valence-electron chi connectivity index (χ3n) is 3.54. The van der Waals surface area contributed by atoms with Crippen LogP contribution in [0.5, 0.6) is 0 Å². The van der Waals surface area contributed by atoms with E-state index in [2.05, 4.69) is 9.97 Å². The molecule has 1 saturated carbocycles. The number of hydrogen-bond donors (Lipinski definition) is 1. The average Bonchev–Trinajstić information content (AvgIpc) is 3.24. The van der Waals surface area contributed by atoms with E-state index in [-0.39, 0.29) is 23.7 Å². The van der Waals surface area contributed by atoms with Gasteiger partial charge in [0.15, 0.2) is 5.69 Å². The minimum atomic E-state index is -4.66. The Morgan fingerprint density at radius 3 is 2.64 bits per heavy atom. The second-order valence-electron chi connectivity index (χ2n) is 5.36. The predicted molar refractivity (Wildman–Crippen MR) is 76.1 cm³/mol. The fourth-order valence-electron chi connectivity index (χ4n) is 2.31. The highest BCUT2D eigenvalue weighted by atomic mass is 35.5. The van der Waals surface area contributed by atoms with Crippen molar-refractivity contribution in [1.82, 2.24) is 9.97 Å². The number of aromatic amines is 1. The highest BCUT2D eigenvalue weighted by Gasteiger charge is 2.39. The van der Waals surface area contributed by atoms with E-state index in [1.54, 1.807) is 18.2 Å². The van der Waals surface area contributed by atoms with Crippen molar-refractivity contribution in [2.45, 2.75) is 31.4 Å². The lowest BCUT2D eigenvalue weighted by Crippen LogP contribution is -2.25. The third-order valence-corrected chi connectivity index (χ3v) is 3.77. The number of benzene rings is 1. The number of nitrogens with one attached hydrogen (secondary N) is 1. The second kappa shape index (κ2) is 5.43. The molecule has 0 bridgehead atoms. The molecule has 0 unspecified atom stereocenters. The monoisotopic (exact) mass is 328 g/mol. The van der Waals surface area contributed by atoms with Crippen LogP contribution in [0.4, 0.5) is 13.2 Å². The van der Waals surface area contributed by atoms with Gasteiger partial charge in [-0.1, -0.05) is 23.7 Å². The van der Waals surface area contributed by atoms with Gasteiger partial charge < -0.3 is 4.98 Å². The maximum Gasteiger partial charge on any atom is 0.433 e. The molecule has 3 nitrogen and oxygen atoms in total. The normalized spacial score (nSPS) is 15.1. The van der Waals surface area contributed by atoms with Crippen LogP contribution < -0.4 is 5.56 Å². The van der Waals surface area contributed by atoms with Crippen LogP contribution in [0.25, 0.3) is 0 Å². The van der Waals surface area contributed by atoms with Crippen molar-refractivity contribution in [2.24, 2.45) is 0 Å². The lowest BCUT2D eigenvalue weighted by Gasteiger charge is -2.13. The molecule has 116 valence electrons. The molecule has 0 atom stereocenters. The summed E-state index contributed by atoms with van der Waals surface area (Å²) >= 11 is 5.83. The maximum absolute atomic E-state index is 13.2. The SMILES string of the molecule is O=c1[nH]c(C2CC2)nc(C(F)(F)F)c1Cc1cccc(Cl)c1. The van der Waals surface area contributed by atoms with Crippen LogP contribution in [0.1, 0.15) is 41.4 Å². The van der Waals surface area contributed by atoms with Crippen molar-refractivity contribution >= 4 is 11.6 Å². The van der Waals surface area contributed by atoms with Gasteiger partial charge >= 0.3 is 6.18 Å². The molecule has 0 aliphatic heterocycles. The van der Waals surface area contributed by atoms with E-state index in [9.17, 15) is 18.0 Å². The molecule has 2 aromatic rings. The van der Waals surface area contributed by atoms with Gasteiger partial charge in [0.25, 0.3) is 5.56 Å². The Morgan fingerprint density at radius 2 is 2.05 bits per heavy atom. The molecule has 1 heterocycles. The maximum atomic E-state index is 13.2. The van der Waals surface area contributed by atoms with Crippen molar-refractivity contribution in [2.75, 3.05) is 0 Å². The zero-order chi connectivity index (χ0) is 15.9. The second-order valence-corrected chi connectivity index (χ2v) is 5.79. The number of alkyl halides is 3. The fraction of sp³-hybridized carbons (Fsp3) is 0.333. The molecule has 1 aromatic heterocycles. The summed E-state index contributed by atoms with van der Waals surface area (Å²) in [6.07, 6.45) is -3.31. The Labute approximate surface area is 129 Å². The van der Waals surface area contributed by atoms with Crippen molar-refractivity contribution in [3.05, 3.63) is 62.3 Å². The lowest BCUT2D eigenvalue weighted by atomic mass is 10.0. The first kappa shape index (κ1) is 15.1. The van der Waals surface area contributed by atoms with Crippen molar-refractivity contribution in [3.8, 4) is 0 Å². The molecule has 1 aliphatic carbocycles. The minimum absolute atomic E-state index is 0.0611. The van der Waals surface area contributed by atoms with Crippen molar-refractivity contribution < 1.29 is 13.2 Å². The Bertz CT molecular complexity index is 766. The van der Waals surface area contributed by atoms with E-state index in [0.717, 1.165) is 12.8 Å². The van der Waals surface area contributed by atoms with Crippen LogP contribution in [-0.2, 0) is 12.6 Å². The highest BCUT2D eigenvalue weighted by Crippen LogP contribution is 2.39. The molecule has 22 heavy (non-hydrogen) atoms. The van der Waals surface area contributed by atoms with Gasteiger partial charge in [0.2, 0.25) is 0 Å². The Balaban J connectivity index is 2.07. The summed E-state index contributed by atoms with van der Waals surface area (Å²) in [7, 11) is 0. The van der Waals surface area contributed by atoms with Gasteiger partial charge in [-0.2, -0.15) is 13.2 Å². The molecule has 0 amide bonds. The summed E-state index contributed by atoms with van der Waals surface area (Å²) in [6.45, 7) is 0. The molecule has 7 heteroatoms. The van der Waals surface area contributed by atoms with Gasteiger partial charge in [0.1, 0.15) is 5.82 Å². The topological polar surface area (TPSA) is 45.8 Å². The first-order valence-corrected chi connectivity index (χ1v) is 7.17. The van der Waals surface area contributed by atoms with Gasteiger partial charge in [-0.25, -0.2) is 4.98 Å². The van der Waals surface area contributed by atoms with Crippen LogP contribution in [0, 0.1) is 0 Å². The first-order valence-electron chi connectivity index (χ1n) is 6.79. The van der Waals surface area contributed by atoms with Crippen LogP contribution in [0.15, 0.2) is 29.1 Å². The van der Waals surface area contributed by atoms with E-state index in [4.69, 9.17) is 11.6 Å². The summed E-state index contributed by atoms with van der Waals surface area (Å²) in [5.74, 6) is 0.0705. The van der Waals surface area contributed by atoms with E-state index < -0.39 is 17.4 Å². The van der Waals surface area contributed by atoms with Crippen LogP contribution >= 0.6 is 11.6 Å². The van der Waals surface area contributed by atoms with Gasteiger partial charge in [-0.05, 0) is 30.5 Å². The summed E-state index contributed by atoms with van der Waals surface area (Å²) in [5, 5.41) is 0.407. The molecule has 0 spiro atoms. The number of rotatable bonds is 3. The molecule has 1 aliphatic rings. The average molecular weight is 329 g/mol. The zero-order valence-electron chi connectivity index (χ0n) is 11.4. The summed E-state index contributed by atoms with van der Waals surface area (Å²) in [5.41, 5.74) is -1.68. The minimum Gasteiger partial charge on any atom is -0.310 e. The Morgan fingerprint density at radius 1 is 1.32 bits per heavy atom. The summed E-state index contributed by atoms with van der Waals surface area (Å²) in [4.78, 5) is 18.3. The van der Waals surface area contributed by atoms with Crippen LogP contribution in [-0.4, -0.2) is 9.97 Å². The quantitative estimate of drug-likeness (QED) is 0.928. The summed E-state index contributed by atoms with van der Waals surface area (Å²) in [6, 6.07) is 6.41. The van der Waals surface area contributed by atoms with Crippen LogP contribution in [0.2, 0.25) is 5.02 Å². The Hall–Kier alpha value is -1.82. The van der Waals surface area contributed by atoms with Crippen molar-refractivity contribution in [3.63, 3.8) is 0 Å². The van der Waals surface area contributed by atoms with E-state index in [1.807, 2.05) is 0 Å². The molecular formula is C15H12ClF3N2O. The van der Waals surface area contributed by atoms with Crippen molar-refractivity contribution in [1.29, 1.82) is 0 Å². The molecule has 1 N–H and O–H groups in total. The molecular weight excluding hydrogens is 317 g/mol. The third kappa shape index (κ3) is 3.16. The fourth-order valence-corrected chi connectivity index (χ4v) is 2.53. The molecule has 3 rings (SSSR count). The van der Waals surface area contributed by atoms with E-state index in [0.29, 0.717) is 10.6 Å². The van der Waals surface area contributed by atoms with Crippen LogP contribution in [0.3, 0.4) is 0 Å². The highest BCUT2D eigenvalue weighted by molar-refractivity contribution is 6.30. The number of halogens is 4. The molecule has 0 radical (unpaired) electrons. The largest absolute Gasteiger partial charge is 0.433 e. The zero-order valence-corrected chi connectivity index (χ0v) is 12.1. The standard InChI is InChI=1S/C15H12ClF3N2O/c16-10-3-1-2-8(6-10)7-11-12(15(17,18)19)20-13(9-4-5-9)21-14(11)22/h1-3,6,9H,4-5,7H2,(H,20,21,22). The molecule has 1 fully saturated rings.